The van der Waals surface area contributed by atoms with Crippen LogP contribution in [-0.2, 0) is 0 Å². The van der Waals surface area contributed by atoms with E-state index in [1.165, 1.54) is 17.7 Å². The molecule has 3 unspecified atom stereocenters. The molecule has 5 heteroatoms. The minimum Gasteiger partial charge on any atom is -0.457 e. The Bertz CT molecular complexity index is 3460. The molecule has 8 aromatic rings. The van der Waals surface area contributed by atoms with Crippen LogP contribution in [0, 0.1) is 57.0 Å². The number of aryl methyl sites for hydroxylation is 4. The van der Waals surface area contributed by atoms with Crippen LogP contribution < -0.4 is 4.74 Å². The highest BCUT2D eigenvalue weighted by Crippen LogP contribution is 2.56. The summed E-state index contributed by atoms with van der Waals surface area (Å²) >= 11 is 0. The Labute approximate surface area is 399 Å². The van der Waals surface area contributed by atoms with Gasteiger partial charge in [-0.3, -0.25) is 9.97 Å². The molecule has 5 nitrogen and oxygen atoms in total. The molecular formula is C60H63N3O2. The molecule has 2 aliphatic rings. The van der Waals surface area contributed by atoms with Crippen molar-refractivity contribution in [3.8, 4) is 56.3 Å². The summed E-state index contributed by atoms with van der Waals surface area (Å²) in [4.78, 5) is 14.3. The molecule has 65 heavy (non-hydrogen) atoms. The summed E-state index contributed by atoms with van der Waals surface area (Å²) in [6.45, 7) is 5.04. The molecule has 0 spiro atoms. The fourth-order valence-electron chi connectivity index (χ4n) is 10.8. The number of fused-ring (bicyclic) bond motifs is 3. The molecule has 0 saturated heterocycles. The third kappa shape index (κ3) is 8.28. The molecule has 3 atom stereocenters. The van der Waals surface area contributed by atoms with Crippen molar-refractivity contribution in [3.05, 3.63) is 149 Å². The van der Waals surface area contributed by atoms with Crippen LogP contribution >= 0.6 is 0 Å². The molecule has 0 aliphatic heterocycles. The number of furan rings is 1. The van der Waals surface area contributed by atoms with E-state index in [4.69, 9.17) is 31.5 Å². The Balaban J connectivity index is 1.12. The van der Waals surface area contributed by atoms with Gasteiger partial charge in [-0.2, -0.15) is 0 Å². The normalized spacial score (nSPS) is 23.4. The van der Waals surface area contributed by atoms with Crippen molar-refractivity contribution in [2.24, 2.45) is 22.6 Å². The summed E-state index contributed by atoms with van der Waals surface area (Å²) in [5.74, 6) is 0.339. The van der Waals surface area contributed by atoms with Gasteiger partial charge in [0.05, 0.1) is 11.4 Å². The van der Waals surface area contributed by atoms with Gasteiger partial charge in [0.15, 0.2) is 0 Å². The van der Waals surface area contributed by atoms with E-state index in [1.807, 2.05) is 92.0 Å². The number of benzene rings is 4. The van der Waals surface area contributed by atoms with Crippen molar-refractivity contribution in [1.29, 1.82) is 0 Å². The molecule has 2 saturated carbocycles. The van der Waals surface area contributed by atoms with E-state index in [-0.39, 0.29) is 45.1 Å². The minimum atomic E-state index is -2.81. The molecule has 2 aliphatic carbocycles. The van der Waals surface area contributed by atoms with Crippen LogP contribution in [0.25, 0.3) is 66.8 Å². The van der Waals surface area contributed by atoms with Crippen molar-refractivity contribution in [2.45, 2.75) is 113 Å². The van der Waals surface area contributed by atoms with E-state index in [0.717, 1.165) is 78.9 Å². The molecule has 330 valence electrons. The highest BCUT2D eigenvalue weighted by atomic mass is 16.5. The predicted octanol–water partition coefficient (Wildman–Crippen LogP) is 16.9. The largest absolute Gasteiger partial charge is 0.457 e. The van der Waals surface area contributed by atoms with E-state index in [2.05, 4.69) is 45.7 Å². The zero-order valence-electron chi connectivity index (χ0n) is 48.2. The van der Waals surface area contributed by atoms with Crippen LogP contribution in [0.4, 0.5) is 0 Å². The second kappa shape index (κ2) is 16.7. The maximum atomic E-state index is 9.82. The van der Waals surface area contributed by atoms with Crippen LogP contribution in [0.1, 0.15) is 126 Å². The van der Waals surface area contributed by atoms with E-state index in [1.54, 1.807) is 6.07 Å². The molecule has 4 aromatic heterocycles. The van der Waals surface area contributed by atoms with Crippen LogP contribution in [-0.4, -0.2) is 15.0 Å². The van der Waals surface area contributed by atoms with Crippen molar-refractivity contribution >= 4 is 22.1 Å². The summed E-state index contributed by atoms with van der Waals surface area (Å²) in [6, 6.07) is 31.4. The molecule has 4 aromatic carbocycles. The average Bonchev–Trinajstić information content (AvgIpc) is 3.72. The lowest BCUT2D eigenvalue weighted by molar-refractivity contribution is 0.0289. The Morgan fingerprint density at radius 1 is 0.677 bits per heavy atom. The summed E-state index contributed by atoms with van der Waals surface area (Å²) in [5, 5.41) is 1.41. The van der Waals surface area contributed by atoms with Gasteiger partial charge in [0.25, 0.3) is 0 Å². The predicted molar refractivity (Wildman–Crippen MR) is 269 cm³/mol. The fourth-order valence-corrected chi connectivity index (χ4v) is 10.8. The van der Waals surface area contributed by atoms with E-state index in [9.17, 15) is 1.37 Å². The molecule has 0 N–H and O–H groups in total. The van der Waals surface area contributed by atoms with Crippen molar-refractivity contribution in [1.82, 2.24) is 15.0 Å². The number of hydrogen-bond donors (Lipinski definition) is 0. The van der Waals surface area contributed by atoms with Gasteiger partial charge in [-0.1, -0.05) is 82.3 Å². The number of nitrogens with zero attached hydrogens (tertiary/aromatic N) is 3. The SMILES string of the molecule is [2H]C([2H])([2H])c1cnc(-c2cc(Oc3cc(-c4cc(C5CCC(C)(C6([2H])CCC(C)(C)CC6)CC5C)c(C)cn4)c4oc5nc(C)ccc5c4c3)c(C([2H])([2H])[2H])c(-c3ccc(-c4ccccc4)cc3)c2)cc1C([2H])([2H])[2H]. The first-order valence-electron chi connectivity index (χ1n) is 28.0. The third-order valence-electron chi connectivity index (χ3n) is 14.7. The molecule has 0 radical (unpaired) electrons. The van der Waals surface area contributed by atoms with Gasteiger partial charge in [0.2, 0.25) is 5.71 Å². The lowest BCUT2D eigenvalue weighted by Gasteiger charge is -2.49. The smallest absolute Gasteiger partial charge is 0.227 e. The van der Waals surface area contributed by atoms with Crippen molar-refractivity contribution < 1.29 is 22.9 Å². The number of ether oxygens (including phenoxy) is 1. The quantitative estimate of drug-likeness (QED) is 0.152. The maximum Gasteiger partial charge on any atom is 0.227 e. The Hall–Kier alpha value is -6.07. The first kappa shape index (κ1) is 32.6. The topological polar surface area (TPSA) is 61.0 Å². The van der Waals surface area contributed by atoms with Gasteiger partial charge in [0, 0.05) is 53.7 Å². The molecule has 4 heterocycles. The first-order chi connectivity index (χ1) is 35.2. The summed E-state index contributed by atoms with van der Waals surface area (Å²) < 4.78 is 100.0. The van der Waals surface area contributed by atoms with Gasteiger partial charge in [-0.25, -0.2) is 4.98 Å². The summed E-state index contributed by atoms with van der Waals surface area (Å²) in [5.41, 5.74) is 7.74. The Morgan fingerprint density at radius 3 is 2.17 bits per heavy atom. The molecular weight excluding hydrogens is 795 g/mol. The van der Waals surface area contributed by atoms with Gasteiger partial charge in [-0.15, -0.1) is 0 Å². The first-order valence-corrected chi connectivity index (χ1v) is 23.0. The zero-order valence-corrected chi connectivity index (χ0v) is 38.2. The Kier molecular flexibility index (Phi) is 8.38. The van der Waals surface area contributed by atoms with Gasteiger partial charge >= 0.3 is 0 Å². The van der Waals surface area contributed by atoms with Crippen LogP contribution in [0.2, 0.25) is 0 Å². The maximum absolute atomic E-state index is 9.82. The lowest BCUT2D eigenvalue weighted by Crippen LogP contribution is -2.38. The highest BCUT2D eigenvalue weighted by Gasteiger charge is 2.44. The van der Waals surface area contributed by atoms with Crippen LogP contribution in [0.15, 0.2) is 120 Å². The molecule has 0 amide bonds. The number of pyridine rings is 3. The van der Waals surface area contributed by atoms with E-state index < -0.39 is 32.0 Å². The molecule has 0 bridgehead atoms. The van der Waals surface area contributed by atoms with Crippen molar-refractivity contribution in [2.75, 3.05) is 0 Å². The Morgan fingerprint density at radius 2 is 1.42 bits per heavy atom. The standard InChI is InChI=1S/C60H63N3O2/c1-36-27-54(61-34-38(36)3)45-28-51(44-18-16-43(17-19-44)42-13-11-10-12-14-42)41(6)56(29-45)64-47-30-52-49-20-15-40(5)63-58(49)65-57(52)53(31-47)55-32-50(39(4)35-62-55)48-23-26-60(9,33-37(48)2)46-21-24-59(7,8)25-22-46/h10-20,27-32,34-35,37,46,48H,21-26,33H2,1-9H3/i1D3,3D3,6D3,46D. The average molecular weight is 868 g/mol. The van der Waals surface area contributed by atoms with E-state index in [0.29, 0.717) is 50.5 Å². The molecule has 10 rings (SSSR count). The van der Waals surface area contributed by atoms with Gasteiger partial charge in [-0.05, 0) is 207 Å². The van der Waals surface area contributed by atoms with Crippen LogP contribution in [0.3, 0.4) is 0 Å². The fraction of sp³-hybridized carbons (Fsp3) is 0.350. The van der Waals surface area contributed by atoms with Gasteiger partial charge < -0.3 is 9.15 Å². The highest BCUT2D eigenvalue weighted by molar-refractivity contribution is 6.09. The summed E-state index contributed by atoms with van der Waals surface area (Å²) in [7, 11) is 0. The minimum absolute atomic E-state index is 0.0378. The lowest BCUT2D eigenvalue weighted by atomic mass is 9.56. The second-order valence-corrected chi connectivity index (χ2v) is 19.9. The van der Waals surface area contributed by atoms with Crippen molar-refractivity contribution in [3.63, 3.8) is 0 Å². The van der Waals surface area contributed by atoms with Crippen LogP contribution in [0.5, 0.6) is 11.5 Å². The van der Waals surface area contributed by atoms with Gasteiger partial charge in [0.1, 0.15) is 17.1 Å². The number of aromatic nitrogens is 3. The van der Waals surface area contributed by atoms with E-state index >= 15 is 0 Å². The molecule has 2 fully saturated rings. The summed E-state index contributed by atoms with van der Waals surface area (Å²) in [6.07, 6.45) is 9.85. The number of hydrogen-bond acceptors (Lipinski definition) is 5. The third-order valence-corrected chi connectivity index (χ3v) is 14.7. The number of rotatable bonds is 8. The zero-order chi connectivity index (χ0) is 53.6. The monoisotopic (exact) mass is 868 g/mol. The second-order valence-electron chi connectivity index (χ2n) is 19.9.